The van der Waals surface area contributed by atoms with E-state index in [0.717, 1.165) is 16.0 Å². The van der Waals surface area contributed by atoms with E-state index in [1.807, 2.05) is 49.1 Å². The fraction of sp³-hybridized carbons (Fsp3) is 0.259. The monoisotopic (exact) mass is 478 g/mol. The molecule has 1 fully saturated rings. The fourth-order valence-electron chi connectivity index (χ4n) is 4.22. The van der Waals surface area contributed by atoms with Crippen LogP contribution in [0, 0.1) is 0 Å². The molecular weight excluding hydrogens is 452 g/mol. The first kappa shape index (κ1) is 23.3. The van der Waals surface area contributed by atoms with Crippen molar-refractivity contribution in [3.63, 3.8) is 0 Å². The average Bonchev–Trinajstić information content (AvgIpc) is 3.26. The van der Waals surface area contributed by atoms with Gasteiger partial charge < -0.3 is 9.80 Å². The highest BCUT2D eigenvalue weighted by Gasteiger charge is 2.39. The zero-order valence-corrected chi connectivity index (χ0v) is 20.4. The van der Waals surface area contributed by atoms with Crippen LogP contribution in [0.2, 0.25) is 4.34 Å². The third kappa shape index (κ3) is 5.37. The van der Waals surface area contributed by atoms with Gasteiger partial charge >= 0.3 is 0 Å². The topological polar surface area (TPSA) is 40.6 Å². The Bertz CT molecular complexity index is 1140. The molecule has 2 aromatic carbocycles. The molecule has 170 valence electrons. The molecule has 1 aliphatic rings. The minimum absolute atomic E-state index is 0.00399. The summed E-state index contributed by atoms with van der Waals surface area (Å²) in [5.41, 5.74) is 3.41. The quantitative estimate of drug-likeness (QED) is 0.400. The number of thiophene rings is 1. The number of piperazine rings is 1. The standard InChI is InChI=1S/C27H27ClN2O2S/c1-3-24-27(32)29(18-20-9-11-22(12-10-20)21-7-5-4-6-8-21)19(2)17-30(24)26(31)16-14-23-13-15-25(28)33-23/h4-16,19,24H,3,17-18H2,1-2H3/t19?,24-/m0/s1. The Morgan fingerprint density at radius 1 is 1.06 bits per heavy atom. The van der Waals surface area contributed by atoms with Gasteiger partial charge in [-0.2, -0.15) is 0 Å². The molecule has 2 amide bonds. The summed E-state index contributed by atoms with van der Waals surface area (Å²) in [5.74, 6) is -0.136. The van der Waals surface area contributed by atoms with E-state index in [0.29, 0.717) is 23.8 Å². The van der Waals surface area contributed by atoms with Gasteiger partial charge in [0.1, 0.15) is 6.04 Å². The normalized spacial score (nSPS) is 18.8. The molecular formula is C27H27ClN2O2S. The summed E-state index contributed by atoms with van der Waals surface area (Å²) >= 11 is 7.39. The summed E-state index contributed by atoms with van der Waals surface area (Å²) in [6.45, 7) is 5.01. The molecule has 0 N–H and O–H groups in total. The van der Waals surface area contributed by atoms with Crippen LogP contribution < -0.4 is 0 Å². The van der Waals surface area contributed by atoms with Crippen LogP contribution in [-0.2, 0) is 16.1 Å². The van der Waals surface area contributed by atoms with Gasteiger partial charge in [-0.25, -0.2) is 0 Å². The smallest absolute Gasteiger partial charge is 0.247 e. The second kappa shape index (κ2) is 10.4. The average molecular weight is 479 g/mol. The molecule has 0 bridgehead atoms. The molecule has 2 heterocycles. The SMILES string of the molecule is CC[C@H]1C(=O)N(Cc2ccc(-c3ccccc3)cc2)C(C)CN1C(=O)C=Cc1ccc(Cl)s1. The third-order valence-electron chi connectivity index (χ3n) is 6.01. The van der Waals surface area contributed by atoms with Crippen LogP contribution in [0.15, 0.2) is 72.8 Å². The Morgan fingerprint density at radius 3 is 2.39 bits per heavy atom. The number of benzene rings is 2. The van der Waals surface area contributed by atoms with Crippen molar-refractivity contribution in [3.05, 3.63) is 87.6 Å². The van der Waals surface area contributed by atoms with Crippen LogP contribution in [-0.4, -0.2) is 40.2 Å². The first-order valence-corrected chi connectivity index (χ1v) is 12.3. The molecule has 33 heavy (non-hydrogen) atoms. The van der Waals surface area contributed by atoms with E-state index in [9.17, 15) is 9.59 Å². The van der Waals surface area contributed by atoms with Gasteiger partial charge in [0.15, 0.2) is 0 Å². The molecule has 4 rings (SSSR count). The van der Waals surface area contributed by atoms with E-state index < -0.39 is 6.04 Å². The van der Waals surface area contributed by atoms with Crippen molar-refractivity contribution in [1.82, 2.24) is 9.80 Å². The minimum atomic E-state index is -0.450. The Balaban J connectivity index is 1.45. The molecule has 1 aromatic heterocycles. The van der Waals surface area contributed by atoms with E-state index in [4.69, 9.17) is 11.6 Å². The van der Waals surface area contributed by atoms with Gasteiger partial charge in [0.25, 0.3) is 0 Å². The van der Waals surface area contributed by atoms with Crippen molar-refractivity contribution in [2.75, 3.05) is 6.54 Å². The van der Waals surface area contributed by atoms with Crippen molar-refractivity contribution in [1.29, 1.82) is 0 Å². The maximum absolute atomic E-state index is 13.3. The number of hydrogen-bond acceptors (Lipinski definition) is 3. The number of carbonyl (C=O) groups excluding carboxylic acids is 2. The van der Waals surface area contributed by atoms with Crippen LogP contribution >= 0.6 is 22.9 Å². The summed E-state index contributed by atoms with van der Waals surface area (Å²) in [6, 6.07) is 21.8. The van der Waals surface area contributed by atoms with Crippen molar-refractivity contribution in [2.24, 2.45) is 0 Å². The van der Waals surface area contributed by atoms with Gasteiger partial charge in [-0.3, -0.25) is 9.59 Å². The molecule has 4 nitrogen and oxygen atoms in total. The Labute approximate surface area is 204 Å². The molecule has 3 aromatic rings. The fourth-order valence-corrected chi connectivity index (χ4v) is 5.19. The minimum Gasteiger partial charge on any atom is -0.332 e. The predicted molar refractivity (Wildman–Crippen MR) is 136 cm³/mol. The van der Waals surface area contributed by atoms with Gasteiger partial charge in [0.05, 0.1) is 4.34 Å². The van der Waals surface area contributed by atoms with Crippen LogP contribution in [0.5, 0.6) is 0 Å². The Hall–Kier alpha value is -2.89. The highest BCUT2D eigenvalue weighted by molar-refractivity contribution is 7.17. The summed E-state index contributed by atoms with van der Waals surface area (Å²) in [5, 5.41) is 0. The largest absolute Gasteiger partial charge is 0.332 e. The van der Waals surface area contributed by atoms with Crippen LogP contribution in [0.3, 0.4) is 0 Å². The molecule has 0 radical (unpaired) electrons. The third-order valence-corrected chi connectivity index (χ3v) is 7.20. The molecule has 0 aliphatic carbocycles. The van der Waals surface area contributed by atoms with Gasteiger partial charge in [-0.05, 0) is 48.2 Å². The zero-order chi connectivity index (χ0) is 23.4. The summed E-state index contributed by atoms with van der Waals surface area (Å²) < 4.78 is 0.683. The second-order valence-electron chi connectivity index (χ2n) is 8.27. The highest BCUT2D eigenvalue weighted by Crippen LogP contribution is 2.25. The van der Waals surface area contributed by atoms with Crippen molar-refractivity contribution < 1.29 is 9.59 Å². The Morgan fingerprint density at radius 2 is 1.76 bits per heavy atom. The molecule has 0 spiro atoms. The number of amides is 2. The lowest BCUT2D eigenvalue weighted by molar-refractivity contribution is -0.153. The van der Waals surface area contributed by atoms with Crippen LogP contribution in [0.1, 0.15) is 30.7 Å². The molecule has 6 heteroatoms. The first-order valence-electron chi connectivity index (χ1n) is 11.1. The van der Waals surface area contributed by atoms with E-state index in [-0.39, 0.29) is 17.9 Å². The van der Waals surface area contributed by atoms with Crippen molar-refractivity contribution in [3.8, 4) is 11.1 Å². The Kier molecular flexibility index (Phi) is 7.31. The van der Waals surface area contributed by atoms with E-state index in [2.05, 4.69) is 36.4 Å². The van der Waals surface area contributed by atoms with Crippen molar-refractivity contribution in [2.45, 2.75) is 38.9 Å². The lowest BCUT2D eigenvalue weighted by Crippen LogP contribution is -2.61. The van der Waals surface area contributed by atoms with Gasteiger partial charge in [0, 0.05) is 30.1 Å². The van der Waals surface area contributed by atoms with Gasteiger partial charge in [-0.1, -0.05) is 73.1 Å². The van der Waals surface area contributed by atoms with E-state index >= 15 is 0 Å². The number of halogens is 1. The maximum atomic E-state index is 13.3. The lowest BCUT2D eigenvalue weighted by atomic mass is 10.0. The van der Waals surface area contributed by atoms with Crippen LogP contribution in [0.4, 0.5) is 0 Å². The zero-order valence-electron chi connectivity index (χ0n) is 18.8. The molecule has 0 saturated carbocycles. The van der Waals surface area contributed by atoms with Gasteiger partial charge in [-0.15, -0.1) is 11.3 Å². The lowest BCUT2D eigenvalue weighted by Gasteiger charge is -2.44. The molecule has 2 atom stereocenters. The number of carbonyl (C=O) groups is 2. The number of rotatable bonds is 6. The summed E-state index contributed by atoms with van der Waals surface area (Å²) in [7, 11) is 0. The molecule has 1 aliphatic heterocycles. The summed E-state index contributed by atoms with van der Waals surface area (Å²) in [6.07, 6.45) is 3.89. The maximum Gasteiger partial charge on any atom is 0.247 e. The number of hydrogen-bond donors (Lipinski definition) is 0. The van der Waals surface area contributed by atoms with Crippen LogP contribution in [0.25, 0.3) is 17.2 Å². The summed E-state index contributed by atoms with van der Waals surface area (Å²) in [4.78, 5) is 30.8. The number of nitrogens with zero attached hydrogens (tertiary/aromatic N) is 2. The first-order chi connectivity index (χ1) is 16.0. The molecule has 1 saturated heterocycles. The van der Waals surface area contributed by atoms with E-state index in [1.165, 1.54) is 16.9 Å². The second-order valence-corrected chi connectivity index (χ2v) is 10.0. The molecule has 1 unspecified atom stereocenters. The highest BCUT2D eigenvalue weighted by atomic mass is 35.5. The van der Waals surface area contributed by atoms with Gasteiger partial charge in [0.2, 0.25) is 11.8 Å². The predicted octanol–water partition coefficient (Wildman–Crippen LogP) is 6.12. The van der Waals surface area contributed by atoms with Crippen molar-refractivity contribution >= 4 is 40.8 Å². The van der Waals surface area contributed by atoms with E-state index in [1.54, 1.807) is 17.1 Å².